The van der Waals surface area contributed by atoms with Gasteiger partial charge >= 0.3 is 0 Å². The maximum atomic E-state index is 12.4. The van der Waals surface area contributed by atoms with Gasteiger partial charge in [-0.3, -0.25) is 9.59 Å². The SMILES string of the molecule is O=C1CN(C(=O)CCNS(=O)(=O)c2ccc3ccccc3c2)CCN1. The van der Waals surface area contributed by atoms with Crippen LogP contribution >= 0.6 is 0 Å². The van der Waals surface area contributed by atoms with Gasteiger partial charge in [-0.15, -0.1) is 0 Å². The zero-order valence-corrected chi connectivity index (χ0v) is 14.4. The Labute approximate surface area is 146 Å². The molecule has 0 spiro atoms. The van der Waals surface area contributed by atoms with Crippen LogP contribution in [0.3, 0.4) is 0 Å². The van der Waals surface area contributed by atoms with Crippen molar-refractivity contribution in [3.8, 4) is 0 Å². The number of benzene rings is 2. The molecule has 1 aliphatic heterocycles. The normalized spacial score (nSPS) is 15.2. The monoisotopic (exact) mass is 361 g/mol. The third kappa shape index (κ3) is 4.15. The van der Waals surface area contributed by atoms with Crippen LogP contribution in [0.25, 0.3) is 10.8 Å². The predicted molar refractivity (Wildman–Crippen MR) is 93.3 cm³/mol. The van der Waals surface area contributed by atoms with Gasteiger partial charge in [-0.25, -0.2) is 13.1 Å². The van der Waals surface area contributed by atoms with Crippen molar-refractivity contribution < 1.29 is 18.0 Å². The van der Waals surface area contributed by atoms with Gasteiger partial charge in [-0.2, -0.15) is 0 Å². The number of hydrogen-bond donors (Lipinski definition) is 2. The summed E-state index contributed by atoms with van der Waals surface area (Å²) in [6, 6.07) is 12.4. The average Bonchev–Trinajstić information content (AvgIpc) is 2.61. The molecule has 0 aliphatic carbocycles. The maximum absolute atomic E-state index is 12.4. The lowest BCUT2D eigenvalue weighted by Crippen LogP contribution is -2.50. The number of carbonyl (C=O) groups is 2. The van der Waals surface area contributed by atoms with Gasteiger partial charge in [0.05, 0.1) is 11.4 Å². The van der Waals surface area contributed by atoms with Crippen LogP contribution in [0, 0.1) is 0 Å². The van der Waals surface area contributed by atoms with E-state index in [9.17, 15) is 18.0 Å². The van der Waals surface area contributed by atoms with E-state index < -0.39 is 10.0 Å². The van der Waals surface area contributed by atoms with Gasteiger partial charge < -0.3 is 10.2 Å². The molecule has 1 fully saturated rings. The molecular weight excluding hydrogens is 342 g/mol. The molecular formula is C17H19N3O4S. The van der Waals surface area contributed by atoms with Gasteiger partial charge in [0.15, 0.2) is 0 Å². The van der Waals surface area contributed by atoms with Crippen molar-refractivity contribution in [1.82, 2.24) is 14.9 Å². The summed E-state index contributed by atoms with van der Waals surface area (Å²) >= 11 is 0. The molecule has 0 aromatic heterocycles. The van der Waals surface area contributed by atoms with Gasteiger partial charge in [-0.05, 0) is 22.9 Å². The molecule has 0 bridgehead atoms. The minimum atomic E-state index is -3.69. The molecule has 2 aromatic rings. The van der Waals surface area contributed by atoms with E-state index in [0.717, 1.165) is 10.8 Å². The standard InChI is InChI=1S/C17H19N3O4S/c21-16-12-20(10-9-18-16)17(22)7-8-19-25(23,24)15-6-5-13-3-1-2-4-14(13)11-15/h1-6,11,19H,7-10,12H2,(H,18,21). The molecule has 0 radical (unpaired) electrons. The van der Waals surface area contributed by atoms with Crippen molar-refractivity contribution in [1.29, 1.82) is 0 Å². The Balaban J connectivity index is 1.61. The molecule has 1 saturated heterocycles. The topological polar surface area (TPSA) is 95.6 Å². The van der Waals surface area contributed by atoms with Crippen LogP contribution in [0.4, 0.5) is 0 Å². The maximum Gasteiger partial charge on any atom is 0.240 e. The fraction of sp³-hybridized carbons (Fsp3) is 0.294. The summed E-state index contributed by atoms with van der Waals surface area (Å²) in [7, 11) is -3.69. The van der Waals surface area contributed by atoms with E-state index in [4.69, 9.17) is 0 Å². The Hall–Kier alpha value is -2.45. The van der Waals surface area contributed by atoms with Crippen LogP contribution < -0.4 is 10.0 Å². The van der Waals surface area contributed by atoms with Gasteiger partial charge in [0.1, 0.15) is 0 Å². The second-order valence-corrected chi connectivity index (χ2v) is 7.59. The number of hydrogen-bond acceptors (Lipinski definition) is 4. The van der Waals surface area contributed by atoms with Crippen LogP contribution in [-0.2, 0) is 19.6 Å². The average molecular weight is 361 g/mol. The van der Waals surface area contributed by atoms with Gasteiger partial charge in [0.2, 0.25) is 21.8 Å². The molecule has 2 aromatic carbocycles. The molecule has 7 nitrogen and oxygen atoms in total. The number of piperazine rings is 1. The molecule has 3 rings (SSSR count). The van der Waals surface area contributed by atoms with E-state index in [0.29, 0.717) is 13.1 Å². The summed E-state index contributed by atoms with van der Waals surface area (Å²) in [4.78, 5) is 24.9. The molecule has 0 saturated carbocycles. The van der Waals surface area contributed by atoms with Crippen molar-refractivity contribution in [2.45, 2.75) is 11.3 Å². The minimum absolute atomic E-state index is 0.00782. The lowest BCUT2D eigenvalue weighted by Gasteiger charge is -2.26. The zero-order chi connectivity index (χ0) is 17.9. The summed E-state index contributed by atoms with van der Waals surface area (Å²) in [6.07, 6.45) is 0.0140. The Morgan fingerprint density at radius 2 is 1.92 bits per heavy atom. The third-order valence-electron chi connectivity index (χ3n) is 4.05. The number of nitrogens with one attached hydrogen (secondary N) is 2. The summed E-state index contributed by atoms with van der Waals surface area (Å²) in [5, 5.41) is 4.43. The molecule has 2 amide bonds. The van der Waals surface area contributed by atoms with Crippen molar-refractivity contribution in [2.75, 3.05) is 26.2 Å². The van der Waals surface area contributed by atoms with Crippen molar-refractivity contribution in [3.05, 3.63) is 42.5 Å². The van der Waals surface area contributed by atoms with Crippen LogP contribution in [0.15, 0.2) is 47.4 Å². The summed E-state index contributed by atoms with van der Waals surface area (Å²) < 4.78 is 27.2. The number of amides is 2. The Morgan fingerprint density at radius 1 is 1.16 bits per heavy atom. The predicted octanol–water partition coefficient (Wildman–Crippen LogP) is 0.467. The summed E-state index contributed by atoms with van der Waals surface area (Å²) in [5.41, 5.74) is 0. The number of nitrogens with zero attached hydrogens (tertiary/aromatic N) is 1. The molecule has 1 aliphatic rings. The van der Waals surface area contributed by atoms with E-state index in [1.54, 1.807) is 18.2 Å². The van der Waals surface area contributed by atoms with Crippen LogP contribution in [0.1, 0.15) is 6.42 Å². The van der Waals surface area contributed by atoms with E-state index in [1.807, 2.05) is 24.3 Å². The largest absolute Gasteiger partial charge is 0.353 e. The lowest BCUT2D eigenvalue weighted by atomic mass is 10.1. The molecule has 132 valence electrons. The first-order valence-corrected chi connectivity index (χ1v) is 9.47. The Kier molecular flexibility index (Phi) is 5.00. The smallest absolute Gasteiger partial charge is 0.240 e. The van der Waals surface area contributed by atoms with Crippen molar-refractivity contribution >= 4 is 32.6 Å². The highest BCUT2D eigenvalue weighted by molar-refractivity contribution is 7.89. The first-order valence-electron chi connectivity index (χ1n) is 7.99. The highest BCUT2D eigenvalue weighted by Crippen LogP contribution is 2.18. The van der Waals surface area contributed by atoms with E-state index >= 15 is 0 Å². The van der Waals surface area contributed by atoms with Crippen LogP contribution in [0.2, 0.25) is 0 Å². The second kappa shape index (κ2) is 7.20. The van der Waals surface area contributed by atoms with Crippen molar-refractivity contribution in [3.63, 3.8) is 0 Å². The van der Waals surface area contributed by atoms with Crippen LogP contribution in [0.5, 0.6) is 0 Å². The fourth-order valence-electron chi connectivity index (χ4n) is 2.72. The van der Waals surface area contributed by atoms with Gasteiger partial charge in [0.25, 0.3) is 0 Å². The highest BCUT2D eigenvalue weighted by atomic mass is 32.2. The van der Waals surface area contributed by atoms with E-state index in [1.165, 1.54) is 4.90 Å². The lowest BCUT2D eigenvalue weighted by molar-refractivity contribution is -0.138. The number of fused-ring (bicyclic) bond motifs is 1. The second-order valence-electron chi connectivity index (χ2n) is 5.82. The summed E-state index contributed by atoms with van der Waals surface area (Å²) in [5.74, 6) is -0.438. The van der Waals surface area contributed by atoms with Crippen molar-refractivity contribution in [2.24, 2.45) is 0 Å². The zero-order valence-electron chi connectivity index (χ0n) is 13.6. The number of rotatable bonds is 5. The van der Waals surface area contributed by atoms with E-state index in [-0.39, 0.29) is 36.2 Å². The quantitative estimate of drug-likeness (QED) is 0.809. The van der Waals surface area contributed by atoms with Gasteiger partial charge in [0, 0.05) is 26.1 Å². The van der Waals surface area contributed by atoms with Gasteiger partial charge in [-0.1, -0.05) is 30.3 Å². The first-order chi connectivity index (χ1) is 12.0. The Morgan fingerprint density at radius 3 is 2.68 bits per heavy atom. The molecule has 25 heavy (non-hydrogen) atoms. The van der Waals surface area contributed by atoms with E-state index in [2.05, 4.69) is 10.0 Å². The number of sulfonamides is 1. The fourth-order valence-corrected chi connectivity index (χ4v) is 3.79. The molecule has 2 N–H and O–H groups in total. The first kappa shape index (κ1) is 17.4. The minimum Gasteiger partial charge on any atom is -0.353 e. The molecule has 1 heterocycles. The Bertz CT molecular complexity index is 911. The summed E-state index contributed by atoms with van der Waals surface area (Å²) in [6.45, 7) is 0.887. The highest BCUT2D eigenvalue weighted by Gasteiger charge is 2.21. The third-order valence-corrected chi connectivity index (χ3v) is 5.51. The molecule has 0 unspecified atom stereocenters. The van der Waals surface area contributed by atoms with Crippen LogP contribution in [-0.4, -0.2) is 51.3 Å². The molecule has 8 heteroatoms. The molecule has 0 atom stereocenters. The number of carbonyl (C=O) groups excluding carboxylic acids is 2.